The molecule has 0 radical (unpaired) electrons. The summed E-state index contributed by atoms with van der Waals surface area (Å²) in [5.74, 6) is 0.807. The summed E-state index contributed by atoms with van der Waals surface area (Å²) >= 11 is 0. The van der Waals surface area contributed by atoms with Crippen molar-refractivity contribution < 1.29 is 22.7 Å². The van der Waals surface area contributed by atoms with Gasteiger partial charge in [-0.3, -0.25) is 9.78 Å². The molecule has 2 saturated heterocycles. The zero-order chi connectivity index (χ0) is 27.2. The largest absolute Gasteiger partial charge is 0.390 e. The quantitative estimate of drug-likeness (QED) is 0.422. The van der Waals surface area contributed by atoms with Crippen LogP contribution in [0.15, 0.2) is 30.7 Å². The van der Waals surface area contributed by atoms with Crippen molar-refractivity contribution in [3.8, 4) is 0 Å². The molecular formula is C25H30FN7O4S. The van der Waals surface area contributed by atoms with Crippen molar-refractivity contribution in [3.05, 3.63) is 42.0 Å². The zero-order valence-corrected chi connectivity index (χ0v) is 22.2. The molecule has 2 aliphatic rings. The molecule has 5 rings (SSSR count). The van der Waals surface area contributed by atoms with Crippen molar-refractivity contribution in [2.45, 2.75) is 50.9 Å². The Morgan fingerprint density at radius 1 is 1.18 bits per heavy atom. The monoisotopic (exact) mass is 543 g/mol. The van der Waals surface area contributed by atoms with Gasteiger partial charge in [0.25, 0.3) is 5.91 Å². The van der Waals surface area contributed by atoms with Crippen molar-refractivity contribution in [2.24, 2.45) is 0 Å². The van der Waals surface area contributed by atoms with E-state index in [1.807, 2.05) is 19.9 Å². The van der Waals surface area contributed by atoms with Gasteiger partial charge in [0.15, 0.2) is 15.5 Å². The first-order valence-corrected chi connectivity index (χ1v) is 14.3. The summed E-state index contributed by atoms with van der Waals surface area (Å²) in [5, 5.41) is 17.2. The van der Waals surface area contributed by atoms with E-state index >= 15 is 0 Å². The highest BCUT2D eigenvalue weighted by molar-refractivity contribution is 7.92. The summed E-state index contributed by atoms with van der Waals surface area (Å²) in [4.78, 5) is 32.2. The second kappa shape index (κ2) is 9.70. The van der Waals surface area contributed by atoms with E-state index in [0.29, 0.717) is 29.5 Å². The summed E-state index contributed by atoms with van der Waals surface area (Å²) < 4.78 is 37.6. The van der Waals surface area contributed by atoms with Gasteiger partial charge < -0.3 is 20.6 Å². The van der Waals surface area contributed by atoms with Gasteiger partial charge in [0, 0.05) is 30.5 Å². The molecule has 0 bridgehead atoms. The van der Waals surface area contributed by atoms with Crippen LogP contribution in [0.2, 0.25) is 0 Å². The lowest BCUT2D eigenvalue weighted by atomic mass is 9.94. The predicted octanol–water partition coefficient (Wildman–Crippen LogP) is 2.11. The highest BCUT2D eigenvalue weighted by atomic mass is 32.2. The second-order valence-corrected chi connectivity index (χ2v) is 12.6. The number of rotatable bonds is 6. The summed E-state index contributed by atoms with van der Waals surface area (Å²) in [6.07, 6.45) is 4.04. The van der Waals surface area contributed by atoms with E-state index in [1.54, 1.807) is 29.6 Å². The Morgan fingerprint density at radius 3 is 2.63 bits per heavy atom. The lowest BCUT2D eigenvalue weighted by molar-refractivity contribution is -0.00860. The van der Waals surface area contributed by atoms with Gasteiger partial charge in [0.1, 0.15) is 17.3 Å². The minimum absolute atomic E-state index is 0.0196. The average Bonchev–Trinajstić information content (AvgIpc) is 2.83. The van der Waals surface area contributed by atoms with Crippen LogP contribution in [-0.2, 0) is 9.84 Å². The van der Waals surface area contributed by atoms with Crippen molar-refractivity contribution in [1.29, 1.82) is 0 Å². The number of aliphatic hydroxyl groups is 1. The molecule has 1 amide bonds. The molecule has 0 aliphatic carbocycles. The van der Waals surface area contributed by atoms with E-state index < -0.39 is 33.6 Å². The number of hydrogen-bond acceptors (Lipinski definition) is 10. The zero-order valence-electron chi connectivity index (χ0n) is 21.3. The molecule has 2 aliphatic heterocycles. The van der Waals surface area contributed by atoms with Crippen LogP contribution in [0.25, 0.3) is 10.8 Å². The number of pyridine rings is 2. The summed E-state index contributed by atoms with van der Waals surface area (Å²) in [7, 11) is -3.07. The third-order valence-electron chi connectivity index (χ3n) is 6.93. The van der Waals surface area contributed by atoms with Gasteiger partial charge in [-0.1, -0.05) is 13.8 Å². The van der Waals surface area contributed by atoms with Gasteiger partial charge in [-0.05, 0) is 42.3 Å². The Bertz CT molecular complexity index is 1490. The van der Waals surface area contributed by atoms with Crippen LogP contribution in [0.4, 0.5) is 22.0 Å². The van der Waals surface area contributed by atoms with Crippen LogP contribution in [0.5, 0.6) is 0 Å². The summed E-state index contributed by atoms with van der Waals surface area (Å²) in [5.41, 5.74) is -0.660. The Labute approximate surface area is 219 Å². The molecule has 11 nitrogen and oxygen atoms in total. The van der Waals surface area contributed by atoms with Crippen molar-refractivity contribution in [3.63, 3.8) is 0 Å². The van der Waals surface area contributed by atoms with E-state index in [0.717, 1.165) is 10.9 Å². The number of carbonyl (C=O) groups is 1. The van der Waals surface area contributed by atoms with E-state index in [9.17, 15) is 22.7 Å². The van der Waals surface area contributed by atoms with E-state index in [-0.39, 0.29) is 36.1 Å². The SMILES string of the molecule is CC(C)c1cnc(C(=O)NC2CS(=O)(=O)C2)c2cnc(Nc3ccnc(N4CC[C@@H](O)[C@@](C)(F)C4)n3)cc12. The molecule has 13 heteroatoms. The third kappa shape index (κ3) is 5.25. The Balaban J connectivity index is 1.41. The fourth-order valence-electron chi connectivity index (χ4n) is 4.78. The Hall–Kier alpha value is -3.45. The highest BCUT2D eigenvalue weighted by Gasteiger charge is 2.40. The van der Waals surface area contributed by atoms with E-state index in [4.69, 9.17) is 0 Å². The molecule has 3 N–H and O–H groups in total. The maximum absolute atomic E-state index is 14.7. The number of hydrogen-bond donors (Lipinski definition) is 3. The summed E-state index contributed by atoms with van der Waals surface area (Å²) in [6.45, 7) is 5.82. The molecule has 0 unspecified atom stereocenters. The normalized spacial score (nSPS) is 23.3. The highest BCUT2D eigenvalue weighted by Crippen LogP contribution is 2.30. The number of nitrogens with zero attached hydrogens (tertiary/aromatic N) is 5. The van der Waals surface area contributed by atoms with Crippen LogP contribution >= 0.6 is 0 Å². The average molecular weight is 544 g/mol. The van der Waals surface area contributed by atoms with Crippen LogP contribution in [0, 0.1) is 0 Å². The number of sulfone groups is 1. The number of fused-ring (bicyclic) bond motifs is 1. The number of alkyl halides is 1. The molecule has 38 heavy (non-hydrogen) atoms. The standard InChI is InChI=1S/C25H30FN7O4S/c1-14(2)17-9-29-22(23(35)30-15-11-38(36,37)12-15)18-10-28-21(8-16(17)18)31-20-4-6-27-24(32-20)33-7-5-19(34)25(3,26)13-33/h4,6,8-10,14-15,19,34H,5,7,11-13H2,1-3H3,(H,30,35)(H,27,28,31,32)/t19-,25+/m1/s1. The first kappa shape index (κ1) is 26.2. The van der Waals surface area contributed by atoms with Crippen LogP contribution in [-0.4, -0.2) is 81.8 Å². The molecule has 2 fully saturated rings. The van der Waals surface area contributed by atoms with Crippen LogP contribution in [0.1, 0.15) is 49.2 Å². The predicted molar refractivity (Wildman–Crippen MR) is 141 cm³/mol. The number of halogens is 1. The van der Waals surface area contributed by atoms with Gasteiger partial charge in [0.05, 0.1) is 30.2 Å². The lowest BCUT2D eigenvalue weighted by Gasteiger charge is -2.38. The molecule has 5 heterocycles. The number of carbonyl (C=O) groups excluding carboxylic acids is 1. The molecular weight excluding hydrogens is 513 g/mol. The first-order chi connectivity index (χ1) is 17.9. The van der Waals surface area contributed by atoms with Crippen LogP contribution < -0.4 is 15.5 Å². The molecule has 202 valence electrons. The topological polar surface area (TPSA) is 150 Å². The van der Waals surface area contributed by atoms with Crippen molar-refractivity contribution in [2.75, 3.05) is 34.8 Å². The van der Waals surface area contributed by atoms with Crippen molar-refractivity contribution in [1.82, 2.24) is 25.3 Å². The van der Waals surface area contributed by atoms with E-state index in [1.165, 1.54) is 6.92 Å². The molecule has 3 aromatic rings. The number of amides is 1. The maximum atomic E-state index is 14.7. The molecule has 0 saturated carbocycles. The number of piperidine rings is 1. The number of aliphatic hydroxyl groups excluding tert-OH is 1. The van der Waals surface area contributed by atoms with Crippen molar-refractivity contribution >= 4 is 44.1 Å². The molecule has 0 spiro atoms. The number of aromatic nitrogens is 4. The Morgan fingerprint density at radius 2 is 1.95 bits per heavy atom. The number of anilines is 3. The fourth-order valence-corrected chi connectivity index (χ4v) is 6.07. The lowest BCUT2D eigenvalue weighted by Crippen LogP contribution is -2.53. The van der Waals surface area contributed by atoms with Gasteiger partial charge in [0.2, 0.25) is 5.95 Å². The third-order valence-corrected chi connectivity index (χ3v) is 8.75. The van der Waals surface area contributed by atoms with E-state index in [2.05, 4.69) is 30.6 Å². The van der Waals surface area contributed by atoms with Gasteiger partial charge >= 0.3 is 0 Å². The molecule has 2 atom stereocenters. The number of nitrogens with one attached hydrogen (secondary N) is 2. The fraction of sp³-hybridized carbons (Fsp3) is 0.480. The molecule has 3 aromatic heterocycles. The van der Waals surface area contributed by atoms with Gasteiger partial charge in [-0.25, -0.2) is 22.8 Å². The van der Waals surface area contributed by atoms with Crippen LogP contribution in [0.3, 0.4) is 0 Å². The maximum Gasteiger partial charge on any atom is 0.270 e. The van der Waals surface area contributed by atoms with Gasteiger partial charge in [-0.2, -0.15) is 4.98 Å². The summed E-state index contributed by atoms with van der Waals surface area (Å²) in [6, 6.07) is 3.06. The Kier molecular flexibility index (Phi) is 6.68. The molecule has 0 aromatic carbocycles. The minimum Gasteiger partial charge on any atom is -0.390 e. The van der Waals surface area contributed by atoms with Gasteiger partial charge in [-0.15, -0.1) is 0 Å². The minimum atomic E-state index is -3.07. The smallest absolute Gasteiger partial charge is 0.270 e. The first-order valence-electron chi connectivity index (χ1n) is 12.4. The second-order valence-electron chi connectivity index (χ2n) is 10.5.